The fourth-order valence-corrected chi connectivity index (χ4v) is 2.88. The predicted octanol–water partition coefficient (Wildman–Crippen LogP) is 2.30. The van der Waals surface area contributed by atoms with Crippen molar-refractivity contribution in [1.82, 2.24) is 9.80 Å². The number of carbonyl (C=O) groups excluding carboxylic acids is 2. The van der Waals surface area contributed by atoms with Gasteiger partial charge in [0.1, 0.15) is 5.75 Å². The number of benzene rings is 2. The van der Waals surface area contributed by atoms with Crippen molar-refractivity contribution in [3.63, 3.8) is 0 Å². The minimum absolute atomic E-state index is 0. The molecule has 2 amide bonds. The van der Waals surface area contributed by atoms with Crippen LogP contribution < -0.4 is 10.5 Å². The van der Waals surface area contributed by atoms with Crippen molar-refractivity contribution in [1.29, 1.82) is 0 Å². The molecule has 0 spiro atoms. The zero-order chi connectivity index (χ0) is 17.8. The van der Waals surface area contributed by atoms with E-state index in [1.165, 1.54) is 0 Å². The largest absolute Gasteiger partial charge is 0.497 e. The highest BCUT2D eigenvalue weighted by Gasteiger charge is 2.25. The molecular formula is C19H22ClN3O3. The van der Waals surface area contributed by atoms with Crippen LogP contribution in [0.3, 0.4) is 0 Å². The van der Waals surface area contributed by atoms with E-state index in [1.807, 2.05) is 0 Å². The molecule has 3 rings (SSSR count). The third-order valence-electron chi connectivity index (χ3n) is 4.32. The fourth-order valence-electron chi connectivity index (χ4n) is 2.88. The Balaban J connectivity index is 0.00000243. The first-order chi connectivity index (χ1) is 12.1. The number of nitrogens with zero attached hydrogens (tertiary/aromatic N) is 2. The molecule has 6 nitrogen and oxygen atoms in total. The second kappa shape index (κ2) is 8.58. The van der Waals surface area contributed by atoms with Crippen molar-refractivity contribution in [2.75, 3.05) is 39.0 Å². The molecule has 138 valence electrons. The van der Waals surface area contributed by atoms with Gasteiger partial charge in [-0.05, 0) is 42.5 Å². The lowest BCUT2D eigenvalue weighted by molar-refractivity contribution is 0.0535. The van der Waals surface area contributed by atoms with Crippen LogP contribution in [0.25, 0.3) is 0 Å². The Kier molecular flexibility index (Phi) is 6.46. The zero-order valence-electron chi connectivity index (χ0n) is 14.6. The van der Waals surface area contributed by atoms with Gasteiger partial charge in [0, 0.05) is 43.0 Å². The van der Waals surface area contributed by atoms with Gasteiger partial charge in [0.2, 0.25) is 0 Å². The molecular weight excluding hydrogens is 354 g/mol. The smallest absolute Gasteiger partial charge is 0.254 e. The molecule has 0 radical (unpaired) electrons. The van der Waals surface area contributed by atoms with Gasteiger partial charge in [-0.15, -0.1) is 12.4 Å². The van der Waals surface area contributed by atoms with Crippen molar-refractivity contribution in [3.8, 4) is 5.75 Å². The average molecular weight is 376 g/mol. The summed E-state index contributed by atoms with van der Waals surface area (Å²) in [6.07, 6.45) is 0. The van der Waals surface area contributed by atoms with Gasteiger partial charge in [0.05, 0.1) is 7.11 Å². The van der Waals surface area contributed by atoms with Gasteiger partial charge in [0.15, 0.2) is 0 Å². The predicted molar refractivity (Wildman–Crippen MR) is 103 cm³/mol. The molecule has 2 N–H and O–H groups in total. The first kappa shape index (κ1) is 19.6. The standard InChI is InChI=1S/C19H21N3O3.ClH/c1-25-17-7-5-14(6-8-17)18(23)21-9-11-22(12-10-21)19(24)15-3-2-4-16(20)13-15;/h2-8,13H,9-12,20H2,1H3;1H. The molecule has 0 atom stereocenters. The van der Waals surface area contributed by atoms with Crippen LogP contribution in [0, 0.1) is 0 Å². The van der Waals surface area contributed by atoms with Crippen LogP contribution in [0.2, 0.25) is 0 Å². The highest BCUT2D eigenvalue weighted by Crippen LogP contribution is 2.16. The van der Waals surface area contributed by atoms with Crippen LogP contribution in [-0.2, 0) is 0 Å². The van der Waals surface area contributed by atoms with Gasteiger partial charge in [-0.2, -0.15) is 0 Å². The summed E-state index contributed by atoms with van der Waals surface area (Å²) in [5, 5.41) is 0. The van der Waals surface area contributed by atoms with Gasteiger partial charge >= 0.3 is 0 Å². The van der Waals surface area contributed by atoms with Crippen LogP contribution in [0.15, 0.2) is 48.5 Å². The molecule has 0 bridgehead atoms. The van der Waals surface area contributed by atoms with Gasteiger partial charge in [-0.3, -0.25) is 9.59 Å². The van der Waals surface area contributed by atoms with E-state index in [2.05, 4.69) is 0 Å². The van der Waals surface area contributed by atoms with E-state index in [1.54, 1.807) is 65.4 Å². The van der Waals surface area contributed by atoms with Gasteiger partial charge in [0.25, 0.3) is 11.8 Å². The highest BCUT2D eigenvalue weighted by molar-refractivity contribution is 5.96. The molecule has 26 heavy (non-hydrogen) atoms. The number of ether oxygens (including phenoxy) is 1. The van der Waals surface area contributed by atoms with Crippen molar-refractivity contribution in [2.45, 2.75) is 0 Å². The molecule has 0 aliphatic carbocycles. The number of halogens is 1. The van der Waals surface area contributed by atoms with Crippen LogP contribution in [-0.4, -0.2) is 54.9 Å². The number of carbonyl (C=O) groups is 2. The third kappa shape index (κ3) is 4.26. The topological polar surface area (TPSA) is 75.9 Å². The maximum absolute atomic E-state index is 12.6. The molecule has 2 aromatic rings. The van der Waals surface area contributed by atoms with Crippen molar-refractivity contribution in [3.05, 3.63) is 59.7 Å². The Morgan fingerprint density at radius 2 is 1.42 bits per heavy atom. The lowest BCUT2D eigenvalue weighted by Gasteiger charge is -2.35. The Morgan fingerprint density at radius 1 is 0.885 bits per heavy atom. The minimum Gasteiger partial charge on any atom is -0.497 e. The summed E-state index contributed by atoms with van der Waals surface area (Å²) >= 11 is 0. The maximum atomic E-state index is 12.6. The first-order valence-corrected chi connectivity index (χ1v) is 8.16. The molecule has 0 unspecified atom stereocenters. The van der Waals surface area contributed by atoms with Gasteiger partial charge in [-0.25, -0.2) is 0 Å². The number of amides is 2. The van der Waals surface area contributed by atoms with Crippen LogP contribution in [0.4, 0.5) is 5.69 Å². The number of hydrogen-bond acceptors (Lipinski definition) is 4. The van der Waals surface area contributed by atoms with Gasteiger partial charge in [-0.1, -0.05) is 6.07 Å². The molecule has 0 aromatic heterocycles. The quantitative estimate of drug-likeness (QED) is 0.835. The molecule has 1 fully saturated rings. The molecule has 0 saturated carbocycles. The SMILES string of the molecule is COc1ccc(C(=O)N2CCN(C(=O)c3cccc(N)c3)CC2)cc1.Cl. The second-order valence-corrected chi connectivity index (χ2v) is 5.94. The molecule has 2 aromatic carbocycles. The second-order valence-electron chi connectivity index (χ2n) is 5.94. The molecule has 1 aliphatic heterocycles. The number of nitrogens with two attached hydrogens (primary N) is 1. The Hall–Kier alpha value is -2.73. The van der Waals surface area contributed by atoms with Crippen molar-refractivity contribution >= 4 is 29.9 Å². The van der Waals surface area contributed by atoms with E-state index in [4.69, 9.17) is 10.5 Å². The summed E-state index contributed by atoms with van der Waals surface area (Å²) in [5.74, 6) is 0.636. The maximum Gasteiger partial charge on any atom is 0.254 e. The molecule has 1 saturated heterocycles. The van der Waals surface area contributed by atoms with Crippen LogP contribution >= 0.6 is 12.4 Å². The third-order valence-corrected chi connectivity index (χ3v) is 4.32. The summed E-state index contributed by atoms with van der Waals surface area (Å²) in [6, 6.07) is 14.0. The lowest BCUT2D eigenvalue weighted by atomic mass is 10.1. The molecule has 1 aliphatic rings. The number of piperazine rings is 1. The van der Waals surface area contributed by atoms with E-state index in [-0.39, 0.29) is 24.2 Å². The summed E-state index contributed by atoms with van der Waals surface area (Å²) in [7, 11) is 1.59. The van der Waals surface area contributed by atoms with E-state index in [9.17, 15) is 9.59 Å². The summed E-state index contributed by atoms with van der Waals surface area (Å²) in [4.78, 5) is 28.6. The van der Waals surface area contributed by atoms with E-state index < -0.39 is 0 Å². The minimum atomic E-state index is -0.0520. The summed E-state index contributed by atoms with van der Waals surface area (Å²) in [6.45, 7) is 2.04. The lowest BCUT2D eigenvalue weighted by Crippen LogP contribution is -2.50. The number of hydrogen-bond donors (Lipinski definition) is 1. The average Bonchev–Trinajstić information content (AvgIpc) is 2.67. The number of anilines is 1. The number of methoxy groups -OCH3 is 1. The summed E-state index contributed by atoms with van der Waals surface area (Å²) < 4.78 is 5.11. The number of nitrogen functional groups attached to an aromatic ring is 1. The normalized spacial score (nSPS) is 13.7. The van der Waals surface area contributed by atoms with Crippen molar-refractivity contribution in [2.24, 2.45) is 0 Å². The monoisotopic (exact) mass is 375 g/mol. The Morgan fingerprint density at radius 3 is 1.92 bits per heavy atom. The Bertz CT molecular complexity index is 772. The first-order valence-electron chi connectivity index (χ1n) is 8.16. The van der Waals surface area contributed by atoms with Crippen molar-refractivity contribution < 1.29 is 14.3 Å². The molecule has 7 heteroatoms. The van der Waals surface area contributed by atoms with E-state index in [0.29, 0.717) is 48.7 Å². The van der Waals surface area contributed by atoms with Crippen LogP contribution in [0.5, 0.6) is 5.75 Å². The highest BCUT2D eigenvalue weighted by atomic mass is 35.5. The zero-order valence-corrected chi connectivity index (χ0v) is 15.4. The van der Waals surface area contributed by atoms with Gasteiger partial charge < -0.3 is 20.3 Å². The fraction of sp³-hybridized carbons (Fsp3) is 0.263. The molecule has 1 heterocycles. The van der Waals surface area contributed by atoms with E-state index in [0.717, 1.165) is 0 Å². The van der Waals surface area contributed by atoms with E-state index >= 15 is 0 Å². The Labute approximate surface area is 158 Å². The number of rotatable bonds is 3. The van der Waals surface area contributed by atoms with Crippen LogP contribution in [0.1, 0.15) is 20.7 Å². The summed E-state index contributed by atoms with van der Waals surface area (Å²) in [5.41, 5.74) is 7.51.